The van der Waals surface area contributed by atoms with Crippen LogP contribution in [0.25, 0.3) is 21.6 Å². The van der Waals surface area contributed by atoms with Gasteiger partial charge in [-0.2, -0.15) is 0 Å². The number of rotatable bonds is 8. The lowest BCUT2D eigenvalue weighted by molar-refractivity contribution is 0.222. The number of benzene rings is 1. The van der Waals surface area contributed by atoms with E-state index in [1.165, 1.54) is 48.6 Å². The number of nitrogens with zero attached hydrogens (tertiary/aromatic N) is 3. The molecule has 6 nitrogen and oxygen atoms in total. The summed E-state index contributed by atoms with van der Waals surface area (Å²) in [5.74, 6) is 0.427. The highest BCUT2D eigenvalue weighted by atomic mass is 32.2. The molecule has 3 aromatic heterocycles. The van der Waals surface area contributed by atoms with Crippen LogP contribution in [0.2, 0.25) is 0 Å². The SMILES string of the molecule is O=S(=O)(c1cccs1)N(CC1CC1)c1cccc2cc(-c3ncc(CN4CCCCC4)s3)[nH]c12. The van der Waals surface area contributed by atoms with Crippen molar-refractivity contribution < 1.29 is 8.42 Å². The Morgan fingerprint density at radius 1 is 1.12 bits per heavy atom. The Labute approximate surface area is 208 Å². The Bertz CT molecular complexity index is 1380. The molecule has 6 rings (SSSR count). The van der Waals surface area contributed by atoms with Crippen molar-refractivity contribution >= 4 is 49.3 Å². The quantitative estimate of drug-likeness (QED) is 0.317. The van der Waals surface area contributed by atoms with Gasteiger partial charge in [0.15, 0.2) is 0 Å². The normalized spacial score (nSPS) is 17.4. The number of fused-ring (bicyclic) bond motifs is 1. The summed E-state index contributed by atoms with van der Waals surface area (Å²) in [6.45, 7) is 3.80. The lowest BCUT2D eigenvalue weighted by Crippen LogP contribution is -2.32. The van der Waals surface area contributed by atoms with Crippen molar-refractivity contribution in [3.8, 4) is 10.7 Å². The summed E-state index contributed by atoms with van der Waals surface area (Å²) in [5, 5.41) is 3.77. The number of hydrogen-bond acceptors (Lipinski definition) is 6. The second-order valence-corrected chi connectivity index (χ2v) is 13.5. The zero-order chi connectivity index (χ0) is 23.1. The summed E-state index contributed by atoms with van der Waals surface area (Å²) in [6, 6.07) is 11.5. The van der Waals surface area contributed by atoms with Crippen molar-refractivity contribution in [2.75, 3.05) is 23.9 Å². The van der Waals surface area contributed by atoms with E-state index in [0.717, 1.165) is 41.0 Å². The summed E-state index contributed by atoms with van der Waals surface area (Å²) < 4.78 is 29.2. The Morgan fingerprint density at radius 3 is 2.74 bits per heavy atom. The van der Waals surface area contributed by atoms with E-state index in [1.54, 1.807) is 27.8 Å². The average molecular weight is 513 g/mol. The lowest BCUT2D eigenvalue weighted by atomic mass is 10.1. The van der Waals surface area contributed by atoms with E-state index < -0.39 is 10.0 Å². The van der Waals surface area contributed by atoms with E-state index in [-0.39, 0.29) is 0 Å². The number of aromatic amines is 1. The first-order valence-corrected chi connectivity index (χ1v) is 15.1. The minimum atomic E-state index is -3.61. The molecule has 1 N–H and O–H groups in total. The molecule has 178 valence electrons. The third-order valence-electron chi connectivity index (χ3n) is 6.68. The van der Waals surface area contributed by atoms with Crippen LogP contribution in [0.4, 0.5) is 5.69 Å². The molecule has 0 unspecified atom stereocenters. The Hall–Kier alpha value is -2.20. The molecule has 0 radical (unpaired) electrons. The third kappa shape index (κ3) is 4.42. The fourth-order valence-corrected chi connectivity index (χ4v) is 8.27. The first-order valence-electron chi connectivity index (χ1n) is 11.9. The number of thiophene rings is 1. The van der Waals surface area contributed by atoms with Crippen LogP contribution in [-0.2, 0) is 16.6 Å². The van der Waals surface area contributed by atoms with Gasteiger partial charge in [0, 0.05) is 29.5 Å². The topological polar surface area (TPSA) is 69.3 Å². The fraction of sp³-hybridized carbons (Fsp3) is 0.400. The number of sulfonamides is 1. The van der Waals surface area contributed by atoms with Crippen LogP contribution < -0.4 is 4.31 Å². The predicted octanol–water partition coefficient (Wildman–Crippen LogP) is 5.94. The molecule has 2 fully saturated rings. The molecule has 0 amide bonds. The molecule has 9 heteroatoms. The summed E-state index contributed by atoms with van der Waals surface area (Å²) in [4.78, 5) is 12.0. The van der Waals surface area contributed by atoms with Crippen molar-refractivity contribution in [3.63, 3.8) is 0 Å². The molecule has 2 aliphatic rings. The Morgan fingerprint density at radius 2 is 1.97 bits per heavy atom. The molecule has 34 heavy (non-hydrogen) atoms. The van der Waals surface area contributed by atoms with Gasteiger partial charge < -0.3 is 4.98 Å². The molecule has 0 atom stereocenters. The largest absolute Gasteiger partial charge is 0.351 e. The maximum absolute atomic E-state index is 13.6. The number of nitrogens with one attached hydrogen (secondary N) is 1. The number of para-hydroxylation sites is 1. The standard InChI is InChI=1S/C25H28N4O2S3/c30-34(31,23-8-5-13-32-23)29(16-18-9-10-18)22-7-4-6-19-14-21(27-24(19)22)25-26-15-20(33-25)17-28-11-2-1-3-12-28/h4-8,13-15,18,27H,1-3,9-12,16-17H2. The van der Waals surface area contributed by atoms with Crippen LogP contribution in [-0.4, -0.2) is 42.9 Å². The molecule has 0 bridgehead atoms. The number of thiazole rings is 1. The van der Waals surface area contributed by atoms with Crippen LogP contribution in [0.3, 0.4) is 0 Å². The van der Waals surface area contributed by atoms with Gasteiger partial charge in [-0.15, -0.1) is 22.7 Å². The van der Waals surface area contributed by atoms with E-state index in [2.05, 4.69) is 16.0 Å². The minimum Gasteiger partial charge on any atom is -0.351 e. The number of likely N-dealkylation sites (tertiary alicyclic amines) is 1. The maximum Gasteiger partial charge on any atom is 0.273 e. The van der Waals surface area contributed by atoms with Gasteiger partial charge in [-0.05, 0) is 68.3 Å². The highest BCUT2D eigenvalue weighted by molar-refractivity contribution is 7.94. The van der Waals surface area contributed by atoms with Gasteiger partial charge in [-0.25, -0.2) is 13.4 Å². The molecular weight excluding hydrogens is 485 g/mol. The fourth-order valence-electron chi connectivity index (χ4n) is 4.69. The van der Waals surface area contributed by atoms with Gasteiger partial charge in [-0.3, -0.25) is 9.21 Å². The van der Waals surface area contributed by atoms with Crippen molar-refractivity contribution in [3.05, 3.63) is 52.9 Å². The van der Waals surface area contributed by atoms with Crippen molar-refractivity contribution in [1.29, 1.82) is 0 Å². The van der Waals surface area contributed by atoms with Crippen molar-refractivity contribution in [2.45, 2.75) is 42.9 Å². The maximum atomic E-state index is 13.6. The molecular formula is C25H28N4O2S3. The van der Waals surface area contributed by atoms with Crippen molar-refractivity contribution in [1.82, 2.24) is 14.9 Å². The van der Waals surface area contributed by atoms with Gasteiger partial charge >= 0.3 is 0 Å². The molecule has 0 spiro atoms. The Balaban J connectivity index is 1.34. The van der Waals surface area contributed by atoms with E-state index in [0.29, 0.717) is 22.4 Å². The Kier molecular flexibility index (Phi) is 5.97. The summed E-state index contributed by atoms with van der Waals surface area (Å²) in [7, 11) is -3.61. The average Bonchev–Trinajstić information content (AvgIpc) is 3.25. The monoisotopic (exact) mass is 512 g/mol. The van der Waals surface area contributed by atoms with Gasteiger partial charge in [-0.1, -0.05) is 24.6 Å². The van der Waals surface area contributed by atoms with Gasteiger partial charge in [0.2, 0.25) is 0 Å². The summed E-state index contributed by atoms with van der Waals surface area (Å²) in [5.41, 5.74) is 2.51. The van der Waals surface area contributed by atoms with Crippen molar-refractivity contribution in [2.24, 2.45) is 5.92 Å². The van der Waals surface area contributed by atoms with Crippen LogP contribution >= 0.6 is 22.7 Å². The lowest BCUT2D eigenvalue weighted by Gasteiger charge is -2.25. The van der Waals surface area contributed by atoms with Crippen LogP contribution in [0.15, 0.2) is 52.2 Å². The van der Waals surface area contributed by atoms with E-state index in [9.17, 15) is 8.42 Å². The molecule has 1 saturated carbocycles. The number of H-pyrrole nitrogens is 1. The number of hydrogen-bond donors (Lipinski definition) is 1. The summed E-state index contributed by atoms with van der Waals surface area (Å²) in [6.07, 6.45) is 8.05. The zero-order valence-electron chi connectivity index (χ0n) is 18.9. The third-order valence-corrected chi connectivity index (χ3v) is 10.8. The highest BCUT2D eigenvalue weighted by Crippen LogP contribution is 2.39. The van der Waals surface area contributed by atoms with E-state index >= 15 is 0 Å². The minimum absolute atomic E-state index is 0.388. The second-order valence-electron chi connectivity index (χ2n) is 9.30. The van der Waals surface area contributed by atoms with Gasteiger partial charge in [0.25, 0.3) is 10.0 Å². The molecule has 4 heterocycles. The van der Waals surface area contributed by atoms with Crippen LogP contribution in [0.1, 0.15) is 37.0 Å². The molecule has 4 aromatic rings. The first-order chi connectivity index (χ1) is 16.6. The predicted molar refractivity (Wildman–Crippen MR) is 140 cm³/mol. The number of anilines is 1. The molecule has 1 aromatic carbocycles. The van der Waals surface area contributed by atoms with Crippen LogP contribution in [0.5, 0.6) is 0 Å². The van der Waals surface area contributed by atoms with E-state index in [4.69, 9.17) is 4.98 Å². The number of aromatic nitrogens is 2. The van der Waals surface area contributed by atoms with Gasteiger partial charge in [0.1, 0.15) is 9.22 Å². The second kappa shape index (κ2) is 9.11. The first kappa shape index (κ1) is 22.3. The smallest absolute Gasteiger partial charge is 0.273 e. The zero-order valence-corrected chi connectivity index (χ0v) is 21.4. The number of piperidine rings is 1. The van der Waals surface area contributed by atoms with Gasteiger partial charge in [0.05, 0.1) is 16.9 Å². The molecule has 1 saturated heterocycles. The molecule has 1 aliphatic heterocycles. The summed E-state index contributed by atoms with van der Waals surface area (Å²) >= 11 is 2.99. The van der Waals surface area contributed by atoms with E-state index in [1.807, 2.05) is 29.8 Å². The highest BCUT2D eigenvalue weighted by Gasteiger charge is 2.33. The molecule has 1 aliphatic carbocycles. The van der Waals surface area contributed by atoms with Crippen LogP contribution in [0, 0.1) is 5.92 Å².